The summed E-state index contributed by atoms with van der Waals surface area (Å²) in [5, 5.41) is 12.3. The molecule has 0 radical (unpaired) electrons. The Morgan fingerprint density at radius 1 is 1.59 bits per heavy atom. The zero-order chi connectivity index (χ0) is 12.8. The van der Waals surface area contributed by atoms with Crippen LogP contribution in [0.25, 0.3) is 0 Å². The highest BCUT2D eigenvalue weighted by Gasteiger charge is 2.10. The second-order valence-corrected chi connectivity index (χ2v) is 5.73. The number of hydrogen-bond donors (Lipinski definition) is 1. The van der Waals surface area contributed by atoms with Gasteiger partial charge in [-0.1, -0.05) is 6.92 Å². The summed E-state index contributed by atoms with van der Waals surface area (Å²) in [7, 11) is 0. The highest BCUT2D eigenvalue weighted by Crippen LogP contribution is 2.26. The topological polar surface area (TPSA) is 35.8 Å². The molecular weight excluding hydrogens is 303 g/mol. The van der Waals surface area contributed by atoms with Gasteiger partial charge < -0.3 is 5.32 Å². The van der Waals surface area contributed by atoms with Crippen molar-refractivity contribution in [2.24, 2.45) is 0 Å². The van der Waals surface area contributed by atoms with Crippen LogP contribution in [0.3, 0.4) is 0 Å². The first-order valence-electron chi connectivity index (χ1n) is 5.25. The summed E-state index contributed by atoms with van der Waals surface area (Å²) >= 11 is 4.87. The lowest BCUT2D eigenvalue weighted by molar-refractivity contribution is 0.622. The Labute approximate surface area is 114 Å². The van der Waals surface area contributed by atoms with Gasteiger partial charge in [0.05, 0.1) is 15.7 Å². The molecule has 1 aromatic carbocycles. The SMILES string of the molecule is CSC(C)CCNc1ccc(C#N)c(Br)c1F. The number of halogens is 2. The van der Waals surface area contributed by atoms with Crippen LogP contribution in [0.2, 0.25) is 0 Å². The highest BCUT2D eigenvalue weighted by molar-refractivity contribution is 9.10. The average molecular weight is 317 g/mol. The molecule has 0 amide bonds. The molecule has 1 rings (SSSR count). The summed E-state index contributed by atoms with van der Waals surface area (Å²) in [4.78, 5) is 0. The van der Waals surface area contributed by atoms with Crippen LogP contribution < -0.4 is 5.32 Å². The molecule has 0 spiro atoms. The van der Waals surface area contributed by atoms with Crippen molar-refractivity contribution in [3.63, 3.8) is 0 Å². The van der Waals surface area contributed by atoms with Crippen molar-refractivity contribution < 1.29 is 4.39 Å². The molecule has 1 atom stereocenters. The van der Waals surface area contributed by atoms with Gasteiger partial charge in [-0.3, -0.25) is 0 Å². The molecule has 0 saturated carbocycles. The Balaban J connectivity index is 2.67. The van der Waals surface area contributed by atoms with Crippen LogP contribution in [0.4, 0.5) is 10.1 Å². The summed E-state index contributed by atoms with van der Waals surface area (Å²) in [6.45, 7) is 2.86. The third-order valence-corrected chi connectivity index (χ3v) is 4.29. The van der Waals surface area contributed by atoms with Gasteiger partial charge in [0.15, 0.2) is 5.82 Å². The van der Waals surface area contributed by atoms with Crippen molar-refractivity contribution in [2.45, 2.75) is 18.6 Å². The second-order valence-electron chi connectivity index (χ2n) is 3.66. The normalized spacial score (nSPS) is 11.9. The van der Waals surface area contributed by atoms with Gasteiger partial charge in [-0.2, -0.15) is 17.0 Å². The van der Waals surface area contributed by atoms with Gasteiger partial charge in [0, 0.05) is 11.8 Å². The first kappa shape index (κ1) is 14.3. The summed E-state index contributed by atoms with van der Waals surface area (Å²) < 4.78 is 14.0. The van der Waals surface area contributed by atoms with E-state index in [1.54, 1.807) is 23.9 Å². The maximum absolute atomic E-state index is 13.8. The molecule has 0 saturated heterocycles. The number of rotatable bonds is 5. The molecule has 1 unspecified atom stereocenters. The van der Waals surface area contributed by atoms with Crippen molar-refractivity contribution in [1.82, 2.24) is 0 Å². The summed E-state index contributed by atoms with van der Waals surface area (Å²) in [5.74, 6) is -0.402. The van der Waals surface area contributed by atoms with Gasteiger partial charge in [0.2, 0.25) is 0 Å². The van der Waals surface area contributed by atoms with E-state index in [4.69, 9.17) is 5.26 Å². The van der Waals surface area contributed by atoms with E-state index in [0.717, 1.165) is 13.0 Å². The first-order chi connectivity index (χ1) is 8.10. The second kappa shape index (κ2) is 6.87. The van der Waals surface area contributed by atoms with Crippen molar-refractivity contribution in [1.29, 1.82) is 5.26 Å². The molecule has 0 bridgehead atoms. The van der Waals surface area contributed by atoms with Gasteiger partial charge in [0.25, 0.3) is 0 Å². The van der Waals surface area contributed by atoms with Gasteiger partial charge >= 0.3 is 0 Å². The number of benzene rings is 1. The number of anilines is 1. The Hall–Kier alpha value is -0.730. The van der Waals surface area contributed by atoms with Gasteiger partial charge in [-0.25, -0.2) is 4.39 Å². The fraction of sp³-hybridized carbons (Fsp3) is 0.417. The summed E-state index contributed by atoms with van der Waals surface area (Å²) in [5.41, 5.74) is 0.745. The van der Waals surface area contributed by atoms with Crippen LogP contribution in [0.15, 0.2) is 16.6 Å². The smallest absolute Gasteiger partial charge is 0.161 e. The predicted molar refractivity (Wildman–Crippen MR) is 74.9 cm³/mol. The molecule has 2 nitrogen and oxygen atoms in total. The Morgan fingerprint density at radius 3 is 2.88 bits per heavy atom. The van der Waals surface area contributed by atoms with Crippen LogP contribution in [-0.2, 0) is 0 Å². The minimum atomic E-state index is -0.402. The molecule has 0 aliphatic carbocycles. The average Bonchev–Trinajstić information content (AvgIpc) is 2.34. The fourth-order valence-electron chi connectivity index (χ4n) is 1.30. The molecule has 1 N–H and O–H groups in total. The van der Waals surface area contributed by atoms with Crippen molar-refractivity contribution in [2.75, 3.05) is 18.1 Å². The van der Waals surface area contributed by atoms with Crippen LogP contribution in [-0.4, -0.2) is 18.1 Å². The summed E-state index contributed by atoms with van der Waals surface area (Å²) in [6, 6.07) is 5.13. The number of thioether (sulfide) groups is 1. The molecule has 1 aromatic rings. The standard InChI is InChI=1S/C12H14BrFN2S/c1-8(17-2)5-6-16-10-4-3-9(7-15)11(13)12(10)14/h3-4,8,16H,5-6H2,1-2H3. The maximum Gasteiger partial charge on any atom is 0.161 e. The lowest BCUT2D eigenvalue weighted by Gasteiger charge is -2.11. The zero-order valence-corrected chi connectivity index (χ0v) is 12.2. The highest BCUT2D eigenvalue weighted by atomic mass is 79.9. The predicted octanol–water partition coefficient (Wildman–Crippen LogP) is 4.01. The van der Waals surface area contributed by atoms with Crippen LogP contribution >= 0.6 is 27.7 Å². The van der Waals surface area contributed by atoms with Crippen molar-refractivity contribution in [3.05, 3.63) is 28.0 Å². The molecule has 17 heavy (non-hydrogen) atoms. The lowest BCUT2D eigenvalue weighted by atomic mass is 10.2. The third kappa shape index (κ3) is 3.90. The maximum atomic E-state index is 13.8. The molecular formula is C12H14BrFN2S. The van der Waals surface area contributed by atoms with E-state index >= 15 is 0 Å². The van der Waals surface area contributed by atoms with Crippen LogP contribution in [0, 0.1) is 17.1 Å². The minimum Gasteiger partial charge on any atom is -0.383 e. The van der Waals surface area contributed by atoms with Gasteiger partial charge in [-0.15, -0.1) is 0 Å². The number of nitrogens with one attached hydrogen (secondary N) is 1. The summed E-state index contributed by atoms with van der Waals surface area (Å²) in [6.07, 6.45) is 3.03. The van der Waals surface area contributed by atoms with Crippen molar-refractivity contribution >= 4 is 33.4 Å². The van der Waals surface area contributed by atoms with E-state index in [-0.39, 0.29) is 4.47 Å². The first-order valence-corrected chi connectivity index (χ1v) is 7.33. The minimum absolute atomic E-state index is 0.225. The molecule has 0 aliphatic heterocycles. The zero-order valence-electron chi connectivity index (χ0n) is 9.76. The van der Waals surface area contributed by atoms with Gasteiger partial charge in [0.1, 0.15) is 6.07 Å². The Morgan fingerprint density at radius 2 is 2.29 bits per heavy atom. The monoisotopic (exact) mass is 316 g/mol. The van der Waals surface area contributed by atoms with E-state index in [9.17, 15) is 4.39 Å². The van der Waals surface area contributed by atoms with Crippen LogP contribution in [0.5, 0.6) is 0 Å². The quantitative estimate of drug-likeness (QED) is 0.891. The molecule has 0 fully saturated rings. The number of nitrogens with zero attached hydrogens (tertiary/aromatic N) is 1. The van der Waals surface area contributed by atoms with Crippen LogP contribution in [0.1, 0.15) is 18.9 Å². The lowest BCUT2D eigenvalue weighted by Crippen LogP contribution is -2.09. The molecule has 92 valence electrons. The number of hydrogen-bond acceptors (Lipinski definition) is 3. The molecule has 0 aliphatic rings. The third-order valence-electron chi connectivity index (χ3n) is 2.47. The van der Waals surface area contributed by atoms with E-state index in [0.29, 0.717) is 16.5 Å². The Bertz CT molecular complexity index is 431. The van der Waals surface area contributed by atoms with Crippen molar-refractivity contribution in [3.8, 4) is 6.07 Å². The molecule has 0 aromatic heterocycles. The number of nitriles is 1. The van der Waals surface area contributed by atoms with E-state index in [2.05, 4.69) is 34.4 Å². The van der Waals surface area contributed by atoms with E-state index in [1.165, 1.54) is 0 Å². The molecule has 5 heteroatoms. The fourth-order valence-corrected chi connectivity index (χ4v) is 2.09. The largest absolute Gasteiger partial charge is 0.383 e. The van der Waals surface area contributed by atoms with E-state index in [1.807, 2.05) is 6.07 Å². The van der Waals surface area contributed by atoms with E-state index < -0.39 is 5.82 Å². The Kier molecular flexibility index (Phi) is 5.79. The molecule has 0 heterocycles. The van der Waals surface area contributed by atoms with Gasteiger partial charge in [-0.05, 0) is 40.7 Å².